The third-order valence-electron chi connectivity index (χ3n) is 4.62. The molecule has 0 saturated heterocycles. The molecule has 0 spiro atoms. The van der Waals surface area contributed by atoms with Crippen LogP contribution in [-0.4, -0.2) is 18.2 Å². The molecule has 0 saturated carbocycles. The number of benzene rings is 2. The second-order valence-corrected chi connectivity index (χ2v) is 7.43. The maximum absolute atomic E-state index is 12.8. The Morgan fingerprint density at radius 1 is 0.958 bits per heavy atom. The van der Waals surface area contributed by atoms with E-state index in [1.165, 1.54) is 5.56 Å². The van der Waals surface area contributed by atoms with E-state index in [1.54, 1.807) is 13.0 Å². The van der Waals surface area contributed by atoms with Gasteiger partial charge in [-0.1, -0.05) is 32.9 Å². The Labute approximate surface area is 143 Å². The van der Waals surface area contributed by atoms with Crippen LogP contribution in [0.5, 0.6) is 0 Å². The first-order chi connectivity index (χ1) is 11.3. The van der Waals surface area contributed by atoms with Crippen molar-refractivity contribution in [2.24, 2.45) is 0 Å². The smallest absolute Gasteiger partial charge is 0.258 e. The fourth-order valence-electron chi connectivity index (χ4n) is 3.10. The summed E-state index contributed by atoms with van der Waals surface area (Å²) in [5, 5.41) is 0. The molecular weight excluding hydrogens is 298 g/mol. The monoisotopic (exact) mass is 321 g/mol. The topological polar surface area (TPSA) is 37.4 Å². The summed E-state index contributed by atoms with van der Waals surface area (Å²) in [5.74, 6) is 0.0742. The molecule has 0 aliphatic carbocycles. The number of nitrogens with zero attached hydrogens (tertiary/aromatic N) is 1. The molecule has 1 aliphatic heterocycles. The molecule has 3 heteroatoms. The second-order valence-electron chi connectivity index (χ2n) is 7.43. The number of amides is 1. The van der Waals surface area contributed by atoms with Crippen molar-refractivity contribution in [2.45, 2.75) is 39.5 Å². The molecule has 1 aliphatic rings. The minimum Gasteiger partial charge on any atom is -0.308 e. The first-order valence-corrected chi connectivity index (χ1v) is 8.33. The molecule has 0 N–H and O–H groups in total. The summed E-state index contributed by atoms with van der Waals surface area (Å²) in [7, 11) is 0. The fourth-order valence-corrected chi connectivity index (χ4v) is 3.10. The van der Waals surface area contributed by atoms with Crippen LogP contribution in [0.15, 0.2) is 42.5 Å². The molecule has 124 valence electrons. The minimum absolute atomic E-state index is 0.0183. The number of anilines is 1. The number of hydrogen-bond acceptors (Lipinski definition) is 2. The number of Topliss-reactive ketones (excluding diaryl/α,β-unsaturated/α-hetero) is 1. The Kier molecular flexibility index (Phi) is 4.04. The molecule has 0 atom stereocenters. The van der Waals surface area contributed by atoms with Gasteiger partial charge in [-0.05, 0) is 60.2 Å². The lowest BCUT2D eigenvalue weighted by molar-refractivity contribution is 0.0987. The van der Waals surface area contributed by atoms with Crippen LogP contribution in [-0.2, 0) is 11.8 Å². The highest BCUT2D eigenvalue weighted by atomic mass is 16.2. The average Bonchev–Trinajstić information content (AvgIpc) is 2.96. The number of carbonyl (C=O) groups excluding carboxylic acids is 2. The van der Waals surface area contributed by atoms with Crippen LogP contribution in [0.1, 0.15) is 59.5 Å². The molecule has 24 heavy (non-hydrogen) atoms. The van der Waals surface area contributed by atoms with Gasteiger partial charge in [0.15, 0.2) is 5.78 Å². The number of carbonyl (C=O) groups is 2. The summed E-state index contributed by atoms with van der Waals surface area (Å²) >= 11 is 0. The van der Waals surface area contributed by atoms with E-state index in [2.05, 4.69) is 20.8 Å². The molecule has 0 radical (unpaired) electrons. The van der Waals surface area contributed by atoms with Gasteiger partial charge in [-0.25, -0.2) is 0 Å². The SMILES string of the molecule is CC(=O)c1ccc2c(c1)CCN2C(=O)c1ccc(C(C)(C)C)cc1. The van der Waals surface area contributed by atoms with Gasteiger partial charge in [0.25, 0.3) is 5.91 Å². The first-order valence-electron chi connectivity index (χ1n) is 8.33. The summed E-state index contributed by atoms with van der Waals surface area (Å²) in [6.45, 7) is 8.71. The molecule has 0 bridgehead atoms. The lowest BCUT2D eigenvalue weighted by Gasteiger charge is -2.21. The molecule has 2 aromatic carbocycles. The van der Waals surface area contributed by atoms with Crippen LogP contribution in [0.3, 0.4) is 0 Å². The van der Waals surface area contributed by atoms with Crippen LogP contribution in [0, 0.1) is 0 Å². The van der Waals surface area contributed by atoms with E-state index in [0.29, 0.717) is 17.7 Å². The van der Waals surface area contributed by atoms with Crippen molar-refractivity contribution in [1.29, 1.82) is 0 Å². The van der Waals surface area contributed by atoms with Crippen LogP contribution in [0.25, 0.3) is 0 Å². The van der Waals surface area contributed by atoms with Crippen LogP contribution in [0.2, 0.25) is 0 Å². The van der Waals surface area contributed by atoms with Crippen molar-refractivity contribution in [3.8, 4) is 0 Å². The minimum atomic E-state index is 0.0183. The maximum Gasteiger partial charge on any atom is 0.258 e. The molecule has 3 nitrogen and oxygen atoms in total. The highest BCUT2D eigenvalue weighted by molar-refractivity contribution is 6.07. The summed E-state index contributed by atoms with van der Waals surface area (Å²) in [4.78, 5) is 26.2. The first kappa shape index (κ1) is 16.4. The van der Waals surface area contributed by atoms with Gasteiger partial charge in [0.1, 0.15) is 0 Å². The van der Waals surface area contributed by atoms with Gasteiger partial charge in [0.2, 0.25) is 0 Å². The number of fused-ring (bicyclic) bond motifs is 1. The Bertz CT molecular complexity index is 798. The molecule has 1 heterocycles. The Hall–Kier alpha value is -2.42. The fraction of sp³-hybridized carbons (Fsp3) is 0.333. The maximum atomic E-state index is 12.8. The van der Waals surface area contributed by atoms with Gasteiger partial charge in [0.05, 0.1) is 0 Å². The lowest BCUT2D eigenvalue weighted by Crippen LogP contribution is -2.29. The Morgan fingerprint density at radius 3 is 2.17 bits per heavy atom. The lowest BCUT2D eigenvalue weighted by atomic mass is 9.86. The number of rotatable bonds is 2. The predicted molar refractivity (Wildman–Crippen MR) is 97.0 cm³/mol. The Morgan fingerprint density at radius 2 is 1.58 bits per heavy atom. The van der Waals surface area contributed by atoms with Crippen LogP contribution < -0.4 is 4.90 Å². The van der Waals surface area contributed by atoms with Crippen LogP contribution >= 0.6 is 0 Å². The van der Waals surface area contributed by atoms with E-state index in [-0.39, 0.29) is 17.1 Å². The van der Waals surface area contributed by atoms with Crippen LogP contribution in [0.4, 0.5) is 5.69 Å². The predicted octanol–water partition coefficient (Wildman–Crippen LogP) is 4.39. The van der Waals surface area contributed by atoms with Gasteiger partial charge >= 0.3 is 0 Å². The van der Waals surface area contributed by atoms with Crippen molar-refractivity contribution >= 4 is 17.4 Å². The molecular formula is C21H23NO2. The molecule has 0 fully saturated rings. The zero-order valence-corrected chi connectivity index (χ0v) is 14.7. The van der Waals surface area contributed by atoms with E-state index < -0.39 is 0 Å². The molecule has 3 rings (SSSR count). The van der Waals surface area contributed by atoms with Gasteiger partial charge < -0.3 is 4.90 Å². The highest BCUT2D eigenvalue weighted by Crippen LogP contribution is 2.31. The Balaban J connectivity index is 1.87. The zero-order valence-electron chi connectivity index (χ0n) is 14.7. The van der Waals surface area contributed by atoms with E-state index in [1.807, 2.05) is 41.3 Å². The van der Waals surface area contributed by atoms with E-state index >= 15 is 0 Å². The third-order valence-corrected chi connectivity index (χ3v) is 4.62. The largest absolute Gasteiger partial charge is 0.308 e. The summed E-state index contributed by atoms with van der Waals surface area (Å²) in [6.07, 6.45) is 0.794. The molecule has 0 unspecified atom stereocenters. The summed E-state index contributed by atoms with van der Waals surface area (Å²) in [6, 6.07) is 13.5. The van der Waals surface area contributed by atoms with Gasteiger partial charge in [-0.2, -0.15) is 0 Å². The summed E-state index contributed by atoms with van der Waals surface area (Å²) in [5.41, 5.74) is 4.69. The van der Waals surface area contributed by atoms with Gasteiger partial charge in [-0.3, -0.25) is 9.59 Å². The van der Waals surface area contributed by atoms with E-state index in [9.17, 15) is 9.59 Å². The van der Waals surface area contributed by atoms with Gasteiger partial charge in [-0.15, -0.1) is 0 Å². The highest BCUT2D eigenvalue weighted by Gasteiger charge is 2.26. The van der Waals surface area contributed by atoms with Crippen molar-refractivity contribution in [3.05, 3.63) is 64.7 Å². The van der Waals surface area contributed by atoms with E-state index in [0.717, 1.165) is 17.7 Å². The normalized spacial score (nSPS) is 13.8. The van der Waals surface area contributed by atoms with Gasteiger partial charge in [0, 0.05) is 23.4 Å². The molecule has 2 aromatic rings. The quantitative estimate of drug-likeness (QED) is 0.769. The number of hydrogen-bond donors (Lipinski definition) is 0. The molecule has 0 aromatic heterocycles. The number of ketones is 1. The second kappa shape index (κ2) is 5.90. The van der Waals surface area contributed by atoms with E-state index in [4.69, 9.17) is 0 Å². The standard InChI is InChI=1S/C21H23NO2/c1-14(23)16-7-10-19-17(13-16)11-12-22(19)20(24)15-5-8-18(9-6-15)21(2,3)4/h5-10,13H,11-12H2,1-4H3. The van der Waals surface area contributed by atoms with Crippen molar-refractivity contribution in [3.63, 3.8) is 0 Å². The molecule has 1 amide bonds. The zero-order chi connectivity index (χ0) is 17.5. The van der Waals surface area contributed by atoms with Crippen molar-refractivity contribution in [2.75, 3.05) is 11.4 Å². The average molecular weight is 321 g/mol. The summed E-state index contributed by atoms with van der Waals surface area (Å²) < 4.78 is 0. The third kappa shape index (κ3) is 2.99. The van der Waals surface area contributed by atoms with Crippen molar-refractivity contribution < 1.29 is 9.59 Å². The van der Waals surface area contributed by atoms with Crippen molar-refractivity contribution in [1.82, 2.24) is 0 Å².